The number of nitrogens with zero attached hydrogens (tertiary/aromatic N) is 2. The number of aromatic nitrogens is 2. The number of H-pyrrole nitrogens is 1. The van der Waals surface area contributed by atoms with Gasteiger partial charge in [0, 0.05) is 5.56 Å². The van der Waals surface area contributed by atoms with Crippen LogP contribution in [0.5, 0.6) is 0 Å². The third-order valence-corrected chi connectivity index (χ3v) is 2.56. The molecule has 1 heterocycles. The van der Waals surface area contributed by atoms with Crippen molar-refractivity contribution in [3.05, 3.63) is 46.1 Å². The third-order valence-electron chi connectivity index (χ3n) is 2.35. The number of nitrogens with one attached hydrogen (secondary N) is 1. The van der Waals surface area contributed by atoms with Crippen LogP contribution < -0.4 is 0 Å². The van der Waals surface area contributed by atoms with E-state index in [9.17, 15) is 17.6 Å². The van der Waals surface area contributed by atoms with E-state index >= 15 is 0 Å². The van der Waals surface area contributed by atoms with Crippen molar-refractivity contribution in [1.82, 2.24) is 9.97 Å². The maximum absolute atomic E-state index is 13.3. The predicted octanol–water partition coefficient (Wildman–Crippen LogP) is 3.84. The van der Waals surface area contributed by atoms with Crippen LogP contribution >= 0.6 is 12.2 Å². The Balaban J connectivity index is 2.65. The molecule has 20 heavy (non-hydrogen) atoms. The maximum Gasteiger partial charge on any atom is 0.449 e. The fraction of sp³-hybridized carbons (Fsp3) is 0.0833. The van der Waals surface area contributed by atoms with Gasteiger partial charge in [0.2, 0.25) is 5.82 Å². The summed E-state index contributed by atoms with van der Waals surface area (Å²) < 4.78 is 50.9. The van der Waals surface area contributed by atoms with Crippen molar-refractivity contribution in [1.29, 1.82) is 5.26 Å². The fourth-order valence-electron chi connectivity index (χ4n) is 1.56. The van der Waals surface area contributed by atoms with Crippen LogP contribution in [-0.4, -0.2) is 9.97 Å². The van der Waals surface area contributed by atoms with Crippen molar-refractivity contribution < 1.29 is 17.6 Å². The molecule has 0 fully saturated rings. The van der Waals surface area contributed by atoms with E-state index in [-0.39, 0.29) is 21.5 Å². The molecule has 1 aromatic heterocycles. The Hall–Kier alpha value is -2.27. The highest BCUT2D eigenvalue weighted by Gasteiger charge is 2.34. The van der Waals surface area contributed by atoms with Crippen LogP contribution in [0, 0.1) is 21.8 Å². The van der Waals surface area contributed by atoms with Crippen LogP contribution in [-0.2, 0) is 6.18 Å². The lowest BCUT2D eigenvalue weighted by molar-refractivity contribution is -0.144. The van der Waals surface area contributed by atoms with Crippen molar-refractivity contribution in [3.8, 4) is 17.3 Å². The van der Waals surface area contributed by atoms with Crippen LogP contribution in [0.15, 0.2) is 24.3 Å². The van der Waals surface area contributed by atoms with E-state index in [1.807, 2.05) is 4.98 Å². The molecule has 2 rings (SSSR count). The first kappa shape index (κ1) is 14.1. The molecule has 0 aliphatic heterocycles. The van der Waals surface area contributed by atoms with Crippen molar-refractivity contribution in [3.63, 3.8) is 0 Å². The van der Waals surface area contributed by atoms with Crippen LogP contribution in [0.1, 0.15) is 11.4 Å². The van der Waals surface area contributed by atoms with Crippen molar-refractivity contribution in [2.75, 3.05) is 0 Å². The zero-order valence-corrected chi connectivity index (χ0v) is 10.4. The molecular formula is C12H5F4N3S. The average molecular weight is 299 g/mol. The molecule has 0 radical (unpaired) electrons. The maximum atomic E-state index is 13.3. The van der Waals surface area contributed by atoms with E-state index in [0.29, 0.717) is 0 Å². The zero-order chi connectivity index (χ0) is 14.9. The SMILES string of the molecule is N#Cc1cc(F)cc(-c2cc(=S)nc(C(F)(F)F)[nH]2)c1. The molecule has 0 aliphatic rings. The molecule has 1 N–H and O–H groups in total. The monoisotopic (exact) mass is 299 g/mol. The number of rotatable bonds is 1. The van der Waals surface area contributed by atoms with Gasteiger partial charge < -0.3 is 4.98 Å². The van der Waals surface area contributed by atoms with E-state index in [0.717, 1.165) is 12.1 Å². The molecule has 0 amide bonds. The Bertz CT molecular complexity index is 759. The number of hydrogen-bond donors (Lipinski definition) is 1. The van der Waals surface area contributed by atoms with Gasteiger partial charge in [0.25, 0.3) is 0 Å². The highest BCUT2D eigenvalue weighted by atomic mass is 32.1. The van der Waals surface area contributed by atoms with Crippen molar-refractivity contribution >= 4 is 12.2 Å². The van der Waals surface area contributed by atoms with Crippen LogP contribution in [0.4, 0.5) is 17.6 Å². The van der Waals surface area contributed by atoms with Gasteiger partial charge in [0.05, 0.1) is 17.3 Å². The predicted molar refractivity (Wildman–Crippen MR) is 64.5 cm³/mol. The number of alkyl halides is 3. The summed E-state index contributed by atoms with van der Waals surface area (Å²) in [6.07, 6.45) is -4.70. The van der Waals surface area contributed by atoms with Crippen LogP contribution in [0.25, 0.3) is 11.3 Å². The number of aromatic amines is 1. The summed E-state index contributed by atoms with van der Waals surface area (Å²) in [6, 6.07) is 6.12. The fourth-order valence-corrected chi connectivity index (χ4v) is 1.77. The number of nitriles is 1. The Morgan fingerprint density at radius 2 is 1.90 bits per heavy atom. The first-order valence-corrected chi connectivity index (χ1v) is 5.60. The van der Waals surface area contributed by atoms with E-state index in [1.165, 1.54) is 12.1 Å². The average Bonchev–Trinajstić information content (AvgIpc) is 2.36. The van der Waals surface area contributed by atoms with Gasteiger partial charge in [-0.05, 0) is 24.3 Å². The number of benzene rings is 1. The molecule has 2 aromatic rings. The minimum absolute atomic E-state index is 0.00955. The highest BCUT2D eigenvalue weighted by Crippen LogP contribution is 2.28. The van der Waals surface area contributed by atoms with E-state index in [2.05, 4.69) is 17.2 Å². The molecule has 3 nitrogen and oxygen atoms in total. The second kappa shape index (κ2) is 5.02. The molecule has 0 saturated heterocycles. The second-order valence-electron chi connectivity index (χ2n) is 3.82. The van der Waals surface area contributed by atoms with Crippen LogP contribution in [0.2, 0.25) is 0 Å². The first-order chi connectivity index (χ1) is 9.29. The standard InChI is InChI=1S/C12H5F4N3S/c13-8-2-6(5-17)1-7(3-8)9-4-10(20)19-11(18-9)12(14,15)16/h1-4H,(H,18,19,20). The molecule has 0 spiro atoms. The van der Waals surface area contributed by atoms with E-state index in [1.54, 1.807) is 6.07 Å². The normalized spacial score (nSPS) is 11.2. The quantitative estimate of drug-likeness (QED) is 0.643. The summed E-state index contributed by atoms with van der Waals surface area (Å²) in [5.41, 5.74) is 0.0126. The van der Waals surface area contributed by atoms with Gasteiger partial charge in [0.15, 0.2) is 0 Å². The van der Waals surface area contributed by atoms with Crippen molar-refractivity contribution in [2.24, 2.45) is 0 Å². The molecule has 0 atom stereocenters. The first-order valence-electron chi connectivity index (χ1n) is 5.19. The minimum atomic E-state index is -4.70. The van der Waals surface area contributed by atoms with Gasteiger partial charge in [-0.3, -0.25) is 0 Å². The Morgan fingerprint density at radius 3 is 2.50 bits per heavy atom. The summed E-state index contributed by atoms with van der Waals surface area (Å²) in [6.45, 7) is 0. The molecule has 8 heteroatoms. The third kappa shape index (κ3) is 3.00. The topological polar surface area (TPSA) is 52.5 Å². The van der Waals surface area contributed by atoms with Gasteiger partial charge >= 0.3 is 6.18 Å². The van der Waals surface area contributed by atoms with Gasteiger partial charge in [0.1, 0.15) is 10.5 Å². The second-order valence-corrected chi connectivity index (χ2v) is 4.24. The zero-order valence-electron chi connectivity index (χ0n) is 9.62. The number of halogens is 4. The van der Waals surface area contributed by atoms with Gasteiger partial charge in [-0.2, -0.15) is 18.4 Å². The molecule has 1 aromatic carbocycles. The summed E-state index contributed by atoms with van der Waals surface area (Å²) in [7, 11) is 0. The smallest absolute Gasteiger partial charge is 0.335 e. The van der Waals surface area contributed by atoms with Gasteiger partial charge in [-0.15, -0.1) is 0 Å². The molecular weight excluding hydrogens is 294 g/mol. The number of hydrogen-bond acceptors (Lipinski definition) is 3. The Morgan fingerprint density at radius 1 is 1.20 bits per heavy atom. The minimum Gasteiger partial charge on any atom is -0.335 e. The molecule has 102 valence electrons. The lowest BCUT2D eigenvalue weighted by Gasteiger charge is -2.09. The molecule has 0 bridgehead atoms. The van der Waals surface area contributed by atoms with Gasteiger partial charge in [-0.1, -0.05) is 12.2 Å². The summed E-state index contributed by atoms with van der Waals surface area (Å²) in [5.74, 6) is -2.01. The largest absolute Gasteiger partial charge is 0.449 e. The summed E-state index contributed by atoms with van der Waals surface area (Å²) >= 11 is 4.66. The summed E-state index contributed by atoms with van der Waals surface area (Å²) in [5, 5.41) is 8.73. The summed E-state index contributed by atoms with van der Waals surface area (Å²) in [4.78, 5) is 5.21. The van der Waals surface area contributed by atoms with E-state index < -0.39 is 17.8 Å². The molecule has 0 unspecified atom stereocenters. The Kier molecular flexibility index (Phi) is 3.55. The van der Waals surface area contributed by atoms with Crippen molar-refractivity contribution in [2.45, 2.75) is 6.18 Å². The molecule has 0 saturated carbocycles. The highest BCUT2D eigenvalue weighted by molar-refractivity contribution is 7.71. The van der Waals surface area contributed by atoms with E-state index in [4.69, 9.17) is 5.26 Å². The lowest BCUT2D eigenvalue weighted by Crippen LogP contribution is -2.11. The van der Waals surface area contributed by atoms with Crippen LogP contribution in [0.3, 0.4) is 0 Å². The lowest BCUT2D eigenvalue weighted by atomic mass is 10.1. The molecule has 0 aliphatic carbocycles. The Labute approximate surface area is 115 Å². The van der Waals surface area contributed by atoms with Gasteiger partial charge in [-0.25, -0.2) is 9.37 Å².